The van der Waals surface area contributed by atoms with E-state index >= 15 is 0 Å². The van der Waals surface area contributed by atoms with Crippen molar-refractivity contribution in [2.45, 2.75) is 90.0 Å². The Labute approximate surface area is 230 Å². The van der Waals surface area contributed by atoms with E-state index in [4.69, 9.17) is 11.5 Å². The maximum absolute atomic E-state index is 13.1. The first kappa shape index (κ1) is 35.6. The molecule has 0 radical (unpaired) electrons. The van der Waals surface area contributed by atoms with Crippen LogP contribution in [0.3, 0.4) is 0 Å². The van der Waals surface area contributed by atoms with Crippen LogP contribution < -0.4 is 32.7 Å². The maximum Gasteiger partial charge on any atom is 0.326 e. The lowest BCUT2D eigenvalue weighted by molar-refractivity contribution is -0.143. The molecule has 0 fully saturated rings. The first-order chi connectivity index (χ1) is 17.9. The van der Waals surface area contributed by atoms with Gasteiger partial charge in [0.2, 0.25) is 23.6 Å². The second-order valence-electron chi connectivity index (χ2n) is 9.46. The lowest BCUT2D eigenvalue weighted by Crippen LogP contribution is -2.61. The van der Waals surface area contributed by atoms with E-state index in [1.165, 1.54) is 0 Å². The van der Waals surface area contributed by atoms with E-state index in [0.29, 0.717) is 38.6 Å². The zero-order valence-corrected chi connectivity index (χ0v) is 23.6. The van der Waals surface area contributed by atoms with Crippen LogP contribution in [0, 0.1) is 11.8 Å². The highest BCUT2D eigenvalue weighted by Crippen LogP contribution is 2.11. The summed E-state index contributed by atoms with van der Waals surface area (Å²) >= 11 is 4.12. The third-order valence-electron chi connectivity index (χ3n) is 6.51. The predicted octanol–water partition coefficient (Wildman–Crippen LogP) is -1.52. The molecule has 4 amide bonds. The molecule has 10 N–H and O–H groups in total. The summed E-state index contributed by atoms with van der Waals surface area (Å²) in [6, 6.07) is -5.67. The highest BCUT2D eigenvalue weighted by atomic mass is 32.1. The number of rotatable bonds is 19. The average Bonchev–Trinajstić information content (AvgIpc) is 2.90. The molecule has 0 aliphatic rings. The number of nitrogens with one attached hydrogen (secondary N) is 4. The summed E-state index contributed by atoms with van der Waals surface area (Å²) in [7, 11) is 0. The minimum atomic E-state index is -1.35. The summed E-state index contributed by atoms with van der Waals surface area (Å²) in [5.41, 5.74) is 11.3. The predicted molar refractivity (Wildman–Crippen MR) is 146 cm³/mol. The number of carboxylic acid groups (broad SMARTS) is 1. The number of nitrogens with two attached hydrogens (primary N) is 2. The van der Waals surface area contributed by atoms with Crippen LogP contribution in [0.2, 0.25) is 0 Å². The zero-order chi connectivity index (χ0) is 29.4. The molecule has 0 aliphatic carbocycles. The van der Waals surface area contributed by atoms with Gasteiger partial charge in [0.1, 0.15) is 24.2 Å². The number of aliphatic hydroxyl groups is 1. The number of carboxylic acids is 1. The number of thiol groups is 1. The Balaban J connectivity index is 5.44. The summed E-state index contributed by atoms with van der Waals surface area (Å²) in [6.07, 6.45) is 2.66. The van der Waals surface area contributed by atoms with Gasteiger partial charge in [-0.15, -0.1) is 0 Å². The number of amides is 4. The third-order valence-corrected chi connectivity index (χ3v) is 6.87. The van der Waals surface area contributed by atoms with Crippen molar-refractivity contribution in [1.82, 2.24) is 21.3 Å². The zero-order valence-electron chi connectivity index (χ0n) is 22.7. The van der Waals surface area contributed by atoms with Crippen LogP contribution in [0.25, 0.3) is 0 Å². The molecule has 0 saturated heterocycles. The minimum Gasteiger partial charge on any atom is -0.480 e. The van der Waals surface area contributed by atoms with Crippen molar-refractivity contribution in [3.05, 3.63) is 0 Å². The van der Waals surface area contributed by atoms with Crippen LogP contribution in [-0.4, -0.2) is 88.9 Å². The van der Waals surface area contributed by atoms with Gasteiger partial charge in [0, 0.05) is 5.75 Å². The summed E-state index contributed by atoms with van der Waals surface area (Å²) in [6.45, 7) is 6.73. The van der Waals surface area contributed by atoms with E-state index in [1.807, 2.05) is 0 Å². The van der Waals surface area contributed by atoms with Crippen LogP contribution in [0.15, 0.2) is 0 Å². The number of hydrogen-bond acceptors (Lipinski definition) is 9. The molecule has 220 valence electrons. The highest BCUT2D eigenvalue weighted by molar-refractivity contribution is 7.80. The van der Waals surface area contributed by atoms with E-state index in [-0.39, 0.29) is 17.6 Å². The molecule has 0 aromatic heterocycles. The Kier molecular flexibility index (Phi) is 17.6. The Morgan fingerprint density at radius 1 is 0.789 bits per heavy atom. The number of carbonyl (C=O) groups excluding carboxylic acids is 4. The van der Waals surface area contributed by atoms with Crippen LogP contribution in [0.5, 0.6) is 0 Å². The number of aliphatic hydroxyl groups excluding tert-OH is 1. The van der Waals surface area contributed by atoms with Crippen LogP contribution in [0.1, 0.15) is 59.8 Å². The molecule has 0 aliphatic heterocycles. The largest absolute Gasteiger partial charge is 0.480 e. The van der Waals surface area contributed by atoms with Crippen molar-refractivity contribution in [1.29, 1.82) is 0 Å². The van der Waals surface area contributed by atoms with Gasteiger partial charge in [0.15, 0.2) is 0 Å². The van der Waals surface area contributed by atoms with E-state index in [9.17, 15) is 34.2 Å². The molecule has 0 unspecified atom stereocenters. The van der Waals surface area contributed by atoms with E-state index in [0.717, 1.165) is 0 Å². The highest BCUT2D eigenvalue weighted by Gasteiger charge is 2.34. The standard InChI is InChI=1S/C24H46N6O7S/c1-5-13(3)18(29-21(33)16(11-31)27-20(32)15(26)9-7-8-10-25)23(35)28-17(12-38)22(34)30-19(24(36)37)14(4)6-2/h13-19,31,38H,5-12,25-26H2,1-4H3,(H,27,32)(H,28,35)(H,29,33)(H,30,34)(H,36,37)/t13-,14-,15-,16-,17-,18-,19-/m0/s1. The lowest BCUT2D eigenvalue weighted by atomic mass is 9.97. The summed E-state index contributed by atoms with van der Waals surface area (Å²) in [4.78, 5) is 62.6. The van der Waals surface area contributed by atoms with Crippen molar-refractivity contribution in [2.24, 2.45) is 23.3 Å². The number of hydrogen-bond donors (Lipinski definition) is 9. The molecule has 7 atom stereocenters. The van der Waals surface area contributed by atoms with Gasteiger partial charge in [0.25, 0.3) is 0 Å². The summed E-state index contributed by atoms with van der Waals surface area (Å²) in [5, 5.41) is 29.0. The van der Waals surface area contributed by atoms with Gasteiger partial charge in [-0.25, -0.2) is 4.79 Å². The lowest BCUT2D eigenvalue weighted by Gasteiger charge is -2.28. The van der Waals surface area contributed by atoms with Gasteiger partial charge in [-0.3, -0.25) is 19.2 Å². The van der Waals surface area contributed by atoms with Crippen LogP contribution in [-0.2, 0) is 24.0 Å². The van der Waals surface area contributed by atoms with E-state index in [2.05, 4.69) is 33.9 Å². The quantitative estimate of drug-likeness (QED) is 0.0657. The number of unbranched alkanes of at least 4 members (excludes halogenated alkanes) is 1. The van der Waals surface area contributed by atoms with Gasteiger partial charge >= 0.3 is 5.97 Å². The molecule has 0 heterocycles. The van der Waals surface area contributed by atoms with Crippen molar-refractivity contribution in [2.75, 3.05) is 18.9 Å². The van der Waals surface area contributed by atoms with Gasteiger partial charge in [-0.05, 0) is 31.2 Å². The van der Waals surface area contributed by atoms with E-state index < -0.39 is 66.4 Å². The van der Waals surface area contributed by atoms with Crippen molar-refractivity contribution < 1.29 is 34.2 Å². The van der Waals surface area contributed by atoms with Crippen molar-refractivity contribution in [3.8, 4) is 0 Å². The second kappa shape index (κ2) is 18.8. The molecule has 14 heteroatoms. The SMILES string of the molecule is CC[C@H](C)[C@H](NC(=O)[C@H](CS)NC(=O)[C@@H](NC(=O)[C@H](CO)NC(=O)[C@@H](N)CCCCN)[C@@H](C)CC)C(=O)O. The van der Waals surface area contributed by atoms with Gasteiger partial charge in [0.05, 0.1) is 12.6 Å². The molecular formula is C24H46N6O7S. The Hall–Kier alpha value is -2.42. The fourth-order valence-corrected chi connectivity index (χ4v) is 3.72. The van der Waals surface area contributed by atoms with Gasteiger partial charge in [-0.2, -0.15) is 12.6 Å². The minimum absolute atomic E-state index is 0.122. The Morgan fingerprint density at radius 2 is 1.29 bits per heavy atom. The van der Waals surface area contributed by atoms with Gasteiger partial charge in [-0.1, -0.05) is 47.0 Å². The maximum atomic E-state index is 13.1. The molecular weight excluding hydrogens is 516 g/mol. The fraction of sp³-hybridized carbons (Fsp3) is 0.792. The Morgan fingerprint density at radius 3 is 1.76 bits per heavy atom. The van der Waals surface area contributed by atoms with E-state index in [1.54, 1.807) is 27.7 Å². The molecule has 0 saturated carbocycles. The first-order valence-corrected chi connectivity index (χ1v) is 13.6. The molecule has 0 aromatic rings. The first-order valence-electron chi connectivity index (χ1n) is 13.0. The topological polar surface area (TPSA) is 226 Å². The molecule has 0 rings (SSSR count). The molecule has 13 nitrogen and oxygen atoms in total. The Bertz CT molecular complexity index is 787. The molecule has 0 bridgehead atoms. The van der Waals surface area contributed by atoms with Crippen LogP contribution in [0.4, 0.5) is 0 Å². The molecule has 38 heavy (non-hydrogen) atoms. The number of aliphatic carboxylic acids is 1. The second-order valence-corrected chi connectivity index (χ2v) is 9.83. The molecule has 0 spiro atoms. The summed E-state index contributed by atoms with van der Waals surface area (Å²) < 4.78 is 0. The third kappa shape index (κ3) is 12.0. The summed E-state index contributed by atoms with van der Waals surface area (Å²) in [5.74, 6) is -4.89. The normalized spacial score (nSPS) is 16.6. The van der Waals surface area contributed by atoms with Crippen molar-refractivity contribution >= 4 is 42.2 Å². The van der Waals surface area contributed by atoms with Crippen molar-refractivity contribution in [3.63, 3.8) is 0 Å². The average molecular weight is 563 g/mol. The monoisotopic (exact) mass is 562 g/mol. The van der Waals surface area contributed by atoms with Gasteiger partial charge < -0.3 is 42.9 Å². The fourth-order valence-electron chi connectivity index (χ4n) is 3.46. The van der Waals surface area contributed by atoms with Crippen LogP contribution >= 0.6 is 12.6 Å². The molecule has 0 aromatic carbocycles. The smallest absolute Gasteiger partial charge is 0.326 e. The number of carbonyl (C=O) groups is 5.